The molecule has 0 amide bonds. The van der Waals surface area contributed by atoms with Gasteiger partial charge in [-0.1, -0.05) is 42.5 Å². The maximum absolute atomic E-state index is 7.24. The molecule has 4 aliphatic rings. The summed E-state index contributed by atoms with van der Waals surface area (Å²) in [5, 5.41) is 2.38. The van der Waals surface area contributed by atoms with Crippen LogP contribution in [0.3, 0.4) is 0 Å². The predicted molar refractivity (Wildman–Crippen MR) is 162 cm³/mol. The summed E-state index contributed by atoms with van der Waals surface area (Å²) >= 11 is 0. The van der Waals surface area contributed by atoms with Gasteiger partial charge in [0.2, 0.25) is 0 Å². The lowest BCUT2D eigenvalue weighted by Crippen LogP contribution is -2.71. The van der Waals surface area contributed by atoms with Gasteiger partial charge in [-0.05, 0) is 76.3 Å². The maximum Gasteiger partial charge on any atom is 0.195 e. The minimum atomic E-state index is -0.856. The highest BCUT2D eigenvalue weighted by Gasteiger charge is 2.66. The van der Waals surface area contributed by atoms with Crippen molar-refractivity contribution in [3.63, 3.8) is 0 Å². The van der Waals surface area contributed by atoms with Crippen LogP contribution in [0.4, 0.5) is 0 Å². The molecule has 4 heterocycles. The van der Waals surface area contributed by atoms with Crippen molar-refractivity contribution >= 4 is 10.8 Å². The summed E-state index contributed by atoms with van der Waals surface area (Å²) in [5.74, 6) is -0.714. The lowest BCUT2D eigenvalue weighted by atomic mass is 9.70. The second kappa shape index (κ2) is 11.5. The monoisotopic (exact) mass is 596 g/mol. The molecule has 1 spiro atoms. The average molecular weight is 597 g/mol. The number of fused-ring (bicyclic) bond motifs is 3. The van der Waals surface area contributed by atoms with E-state index in [0.29, 0.717) is 26.1 Å². The van der Waals surface area contributed by atoms with Crippen molar-refractivity contribution in [1.82, 2.24) is 0 Å². The van der Waals surface area contributed by atoms with Crippen LogP contribution in [0.1, 0.15) is 72.3 Å². The van der Waals surface area contributed by atoms with E-state index in [1.165, 1.54) is 10.8 Å². The van der Waals surface area contributed by atoms with Crippen LogP contribution in [0.15, 0.2) is 55.1 Å². The first-order valence-electron chi connectivity index (χ1n) is 15.7. The van der Waals surface area contributed by atoms with Crippen molar-refractivity contribution in [2.75, 3.05) is 20.5 Å². The quantitative estimate of drug-likeness (QED) is 0.255. The molecule has 43 heavy (non-hydrogen) atoms. The molecule has 4 saturated heterocycles. The first-order chi connectivity index (χ1) is 20.5. The normalized spacial score (nSPS) is 41.9. The Morgan fingerprint density at radius 2 is 1.77 bits per heavy atom. The second-order valence-corrected chi connectivity index (χ2v) is 13.6. The molecule has 2 aromatic carbocycles. The summed E-state index contributed by atoms with van der Waals surface area (Å²) < 4.78 is 51.3. The lowest BCUT2D eigenvalue weighted by molar-refractivity contribution is -0.364. The molecule has 0 radical (unpaired) electrons. The van der Waals surface area contributed by atoms with Crippen LogP contribution in [0.5, 0.6) is 0 Å². The van der Waals surface area contributed by atoms with Gasteiger partial charge in [-0.15, -0.1) is 6.58 Å². The Morgan fingerprint density at radius 3 is 2.49 bits per heavy atom. The van der Waals surface area contributed by atoms with Crippen LogP contribution in [-0.4, -0.2) is 73.3 Å². The zero-order valence-corrected chi connectivity index (χ0v) is 26.6. The minimum Gasteiger partial charge on any atom is -0.366 e. The molecule has 4 fully saturated rings. The number of methoxy groups -OCH3 is 1. The van der Waals surface area contributed by atoms with Crippen LogP contribution in [-0.2, 0) is 44.5 Å². The number of hydrogen-bond donors (Lipinski definition) is 0. The fourth-order valence-electron chi connectivity index (χ4n) is 7.75. The Balaban J connectivity index is 1.26. The Hall–Kier alpha value is -1.88. The standard InChI is InChI=1S/C35H48O8/c1-8-28(37-21-25-13-14-26-11-9-10-12-27(26)19-25)34(6)30(39-23-36-7)20-33(5)32(4,43-34)16-15-29-31(3,42-33)17-18-35(41-29)22-38-24(2)40-35/h8-14,19,24,28-30H,1,15-18,20-23H2,2-7H3/t24?,28-,29-,30+,31+,32+,33-,34-,35-/m0/s1. The van der Waals surface area contributed by atoms with E-state index in [4.69, 9.17) is 37.9 Å². The van der Waals surface area contributed by atoms with Crippen LogP contribution in [0.25, 0.3) is 10.8 Å². The average Bonchev–Trinajstić information content (AvgIpc) is 3.31. The van der Waals surface area contributed by atoms with E-state index in [1.54, 1.807) is 7.11 Å². The van der Waals surface area contributed by atoms with Crippen LogP contribution < -0.4 is 0 Å². The summed E-state index contributed by atoms with van der Waals surface area (Å²) in [7, 11) is 1.63. The smallest absolute Gasteiger partial charge is 0.195 e. The number of benzene rings is 2. The van der Waals surface area contributed by atoms with E-state index in [-0.39, 0.29) is 25.3 Å². The maximum atomic E-state index is 7.24. The predicted octanol–water partition coefficient (Wildman–Crippen LogP) is 6.43. The van der Waals surface area contributed by atoms with E-state index < -0.39 is 34.3 Å². The summed E-state index contributed by atoms with van der Waals surface area (Å²) in [6.07, 6.45) is 4.16. The van der Waals surface area contributed by atoms with Gasteiger partial charge in [0.1, 0.15) is 25.1 Å². The number of hydrogen-bond acceptors (Lipinski definition) is 8. The Labute approximate surface area is 255 Å². The van der Waals surface area contributed by atoms with Crippen molar-refractivity contribution in [3.8, 4) is 0 Å². The van der Waals surface area contributed by atoms with Crippen LogP contribution in [0, 0.1) is 0 Å². The molecule has 6 rings (SSSR count). The molecule has 0 N–H and O–H groups in total. The van der Waals surface area contributed by atoms with Crippen molar-refractivity contribution in [2.45, 2.75) is 126 Å². The van der Waals surface area contributed by atoms with E-state index in [1.807, 2.05) is 13.0 Å². The second-order valence-electron chi connectivity index (χ2n) is 13.6. The van der Waals surface area contributed by atoms with Crippen molar-refractivity contribution in [2.24, 2.45) is 0 Å². The van der Waals surface area contributed by atoms with Gasteiger partial charge >= 0.3 is 0 Å². The SMILES string of the molecule is C=C[C@H](OCc1ccc2ccccc2c1)[C@]1(C)O[C@]2(C)CC[C@@H]3O[C@@]4(CC[C@@]3(C)O[C@@]2(C)C[C@H]1OCOC)COC(C)O4. The molecule has 0 bridgehead atoms. The molecule has 8 heteroatoms. The van der Waals surface area contributed by atoms with Gasteiger partial charge in [0.15, 0.2) is 12.1 Å². The van der Waals surface area contributed by atoms with Gasteiger partial charge < -0.3 is 37.9 Å². The van der Waals surface area contributed by atoms with Gasteiger partial charge in [-0.3, -0.25) is 0 Å². The summed E-state index contributed by atoms with van der Waals surface area (Å²) in [6.45, 7) is 15.6. The molecular formula is C35H48O8. The third-order valence-electron chi connectivity index (χ3n) is 10.5. The van der Waals surface area contributed by atoms with Crippen molar-refractivity contribution in [1.29, 1.82) is 0 Å². The summed E-state index contributed by atoms with van der Waals surface area (Å²) in [6, 6.07) is 14.7. The number of ether oxygens (including phenoxy) is 8. The molecule has 0 aromatic heterocycles. The largest absolute Gasteiger partial charge is 0.366 e. The topological polar surface area (TPSA) is 73.8 Å². The molecule has 0 aliphatic carbocycles. The summed E-state index contributed by atoms with van der Waals surface area (Å²) in [4.78, 5) is 0. The van der Waals surface area contributed by atoms with E-state index in [0.717, 1.165) is 24.8 Å². The first kappa shape index (κ1) is 31.1. The van der Waals surface area contributed by atoms with E-state index in [9.17, 15) is 0 Å². The molecule has 236 valence electrons. The molecule has 9 atom stereocenters. The summed E-state index contributed by atoms with van der Waals surface area (Å²) in [5.41, 5.74) is -1.60. The van der Waals surface area contributed by atoms with Gasteiger partial charge in [-0.2, -0.15) is 0 Å². The van der Waals surface area contributed by atoms with E-state index >= 15 is 0 Å². The van der Waals surface area contributed by atoms with Crippen LogP contribution >= 0.6 is 0 Å². The molecule has 4 aliphatic heterocycles. The Kier molecular flexibility index (Phi) is 8.31. The number of rotatable bonds is 8. The molecule has 8 nitrogen and oxygen atoms in total. The van der Waals surface area contributed by atoms with Gasteiger partial charge in [0.25, 0.3) is 0 Å². The van der Waals surface area contributed by atoms with E-state index in [2.05, 4.69) is 76.7 Å². The highest BCUT2D eigenvalue weighted by atomic mass is 16.8. The lowest BCUT2D eigenvalue weighted by Gasteiger charge is -2.60. The third-order valence-corrected chi connectivity index (χ3v) is 10.5. The molecule has 0 saturated carbocycles. The highest BCUT2D eigenvalue weighted by Crippen LogP contribution is 2.56. The third kappa shape index (κ3) is 5.59. The minimum absolute atomic E-state index is 0.131. The Bertz CT molecular complexity index is 1320. The highest BCUT2D eigenvalue weighted by molar-refractivity contribution is 5.82. The fraction of sp³-hybridized carbons (Fsp3) is 0.657. The zero-order valence-electron chi connectivity index (χ0n) is 26.6. The van der Waals surface area contributed by atoms with Gasteiger partial charge in [-0.25, -0.2) is 0 Å². The van der Waals surface area contributed by atoms with Crippen molar-refractivity contribution in [3.05, 3.63) is 60.7 Å². The Morgan fingerprint density at radius 1 is 0.977 bits per heavy atom. The van der Waals surface area contributed by atoms with Crippen LogP contribution in [0.2, 0.25) is 0 Å². The molecule has 1 unspecified atom stereocenters. The first-order valence-corrected chi connectivity index (χ1v) is 15.7. The fourth-order valence-corrected chi connectivity index (χ4v) is 7.75. The molecule has 2 aromatic rings. The van der Waals surface area contributed by atoms with Gasteiger partial charge in [0, 0.05) is 20.0 Å². The van der Waals surface area contributed by atoms with Crippen molar-refractivity contribution < 1.29 is 37.9 Å². The van der Waals surface area contributed by atoms with Gasteiger partial charge in [0.05, 0.1) is 35.6 Å². The molecular weight excluding hydrogens is 548 g/mol. The zero-order chi connectivity index (χ0) is 30.5.